The van der Waals surface area contributed by atoms with Crippen molar-refractivity contribution in [2.24, 2.45) is 0 Å². The highest BCUT2D eigenvalue weighted by atomic mass is 32.2. The lowest BCUT2D eigenvalue weighted by molar-refractivity contribution is -0.123. The average Bonchev–Trinajstić information content (AvgIpc) is 3.51. The first-order valence-electron chi connectivity index (χ1n) is 11.0. The van der Waals surface area contributed by atoms with Crippen molar-refractivity contribution < 1.29 is 17.9 Å². The predicted molar refractivity (Wildman–Crippen MR) is 110 cm³/mol. The summed E-state index contributed by atoms with van der Waals surface area (Å²) < 4.78 is 33.3. The van der Waals surface area contributed by atoms with Gasteiger partial charge in [0.1, 0.15) is 11.4 Å². The van der Waals surface area contributed by atoms with Crippen LogP contribution in [0.15, 0.2) is 24.3 Å². The van der Waals surface area contributed by atoms with Gasteiger partial charge < -0.3 is 10.1 Å². The van der Waals surface area contributed by atoms with E-state index in [2.05, 4.69) is 11.4 Å². The number of carbonyl (C=O) groups is 1. The zero-order chi connectivity index (χ0) is 20.1. The van der Waals surface area contributed by atoms with Gasteiger partial charge in [-0.15, -0.1) is 0 Å². The van der Waals surface area contributed by atoms with Crippen molar-refractivity contribution in [3.63, 3.8) is 0 Å². The number of hydrogen-bond donors (Lipinski definition) is 1. The molecule has 2 aliphatic heterocycles. The second-order valence-electron chi connectivity index (χ2n) is 9.27. The molecule has 2 saturated carbocycles. The fourth-order valence-corrected chi connectivity index (χ4v) is 6.87. The third-order valence-electron chi connectivity index (χ3n) is 7.14. The third-order valence-corrected chi connectivity index (χ3v) is 9.54. The Kier molecular flexibility index (Phi) is 4.86. The van der Waals surface area contributed by atoms with Gasteiger partial charge in [0.2, 0.25) is 15.9 Å². The van der Waals surface area contributed by atoms with Gasteiger partial charge in [-0.25, -0.2) is 12.7 Å². The van der Waals surface area contributed by atoms with Gasteiger partial charge in [0.15, 0.2) is 0 Å². The summed E-state index contributed by atoms with van der Waals surface area (Å²) in [6.07, 6.45) is 7.60. The van der Waals surface area contributed by atoms with Crippen LogP contribution in [-0.4, -0.2) is 48.6 Å². The molecule has 6 nitrogen and oxygen atoms in total. The Labute approximate surface area is 173 Å². The van der Waals surface area contributed by atoms with E-state index in [0.29, 0.717) is 38.4 Å². The smallest absolute Gasteiger partial charge is 0.220 e. The summed E-state index contributed by atoms with van der Waals surface area (Å²) in [7, 11) is -3.13. The van der Waals surface area contributed by atoms with E-state index in [0.717, 1.165) is 43.4 Å². The highest BCUT2D eigenvalue weighted by molar-refractivity contribution is 7.90. The van der Waals surface area contributed by atoms with Crippen molar-refractivity contribution in [2.45, 2.75) is 80.6 Å². The molecule has 0 unspecified atom stereocenters. The minimum absolute atomic E-state index is 0.117. The zero-order valence-electron chi connectivity index (χ0n) is 16.8. The lowest BCUT2D eigenvalue weighted by atomic mass is 9.76. The normalized spacial score (nSPS) is 27.0. The van der Waals surface area contributed by atoms with Crippen LogP contribution in [-0.2, 0) is 14.8 Å². The highest BCUT2D eigenvalue weighted by Gasteiger charge is 2.48. The van der Waals surface area contributed by atoms with Gasteiger partial charge in [-0.1, -0.05) is 18.2 Å². The quantitative estimate of drug-likeness (QED) is 0.798. The van der Waals surface area contributed by atoms with E-state index in [4.69, 9.17) is 4.74 Å². The third kappa shape index (κ3) is 3.79. The number of piperidine rings is 1. The van der Waals surface area contributed by atoms with E-state index >= 15 is 0 Å². The second-order valence-corrected chi connectivity index (χ2v) is 11.5. The number of sulfonamides is 1. The lowest BCUT2D eigenvalue weighted by Crippen LogP contribution is -2.52. The average molecular weight is 419 g/mol. The number of amides is 1. The van der Waals surface area contributed by atoms with E-state index in [1.165, 1.54) is 6.42 Å². The summed E-state index contributed by atoms with van der Waals surface area (Å²) in [5, 5.41) is 3.01. The first kappa shape index (κ1) is 19.4. The number of benzene rings is 1. The van der Waals surface area contributed by atoms with Crippen molar-refractivity contribution in [2.75, 3.05) is 13.1 Å². The van der Waals surface area contributed by atoms with Crippen molar-refractivity contribution in [1.29, 1.82) is 0 Å². The predicted octanol–water partition coefficient (Wildman–Crippen LogP) is 2.94. The number of fused-ring (bicyclic) bond motifs is 1. The molecule has 29 heavy (non-hydrogen) atoms. The fourth-order valence-electron chi connectivity index (χ4n) is 5.02. The van der Waals surface area contributed by atoms with E-state index in [1.807, 2.05) is 18.2 Å². The topological polar surface area (TPSA) is 75.7 Å². The van der Waals surface area contributed by atoms with Crippen molar-refractivity contribution in [3.8, 4) is 5.75 Å². The Morgan fingerprint density at radius 2 is 1.86 bits per heavy atom. The minimum Gasteiger partial charge on any atom is -0.487 e. The zero-order valence-corrected chi connectivity index (χ0v) is 17.6. The summed E-state index contributed by atoms with van der Waals surface area (Å²) >= 11 is 0. The minimum atomic E-state index is -3.13. The fraction of sp³-hybridized carbons (Fsp3) is 0.682. The van der Waals surface area contributed by atoms with E-state index < -0.39 is 10.0 Å². The molecule has 3 fully saturated rings. The molecule has 1 amide bonds. The summed E-state index contributed by atoms with van der Waals surface area (Å²) in [6.45, 7) is 1.03. The van der Waals surface area contributed by atoms with Crippen LogP contribution < -0.4 is 10.1 Å². The Balaban J connectivity index is 1.31. The molecule has 1 aromatic carbocycles. The molecule has 1 spiro atoms. The molecule has 0 radical (unpaired) electrons. The Bertz CT molecular complexity index is 884. The first-order valence-corrected chi connectivity index (χ1v) is 12.5. The van der Waals surface area contributed by atoms with Gasteiger partial charge in [0.25, 0.3) is 0 Å². The molecular weight excluding hydrogens is 388 g/mol. The van der Waals surface area contributed by atoms with Gasteiger partial charge in [-0.05, 0) is 50.2 Å². The lowest BCUT2D eigenvalue weighted by Gasteiger charge is -2.46. The SMILES string of the molecule is O=C(C[C@@H]1CC2(CCN(S(=O)(=O)C3CC3)CC2)Oc2ccccc21)NC1CCC1. The first-order chi connectivity index (χ1) is 14.0. The second kappa shape index (κ2) is 7.27. The number of rotatable bonds is 5. The molecule has 2 aliphatic carbocycles. The van der Waals surface area contributed by atoms with Crippen LogP contribution in [0.1, 0.15) is 69.3 Å². The summed E-state index contributed by atoms with van der Waals surface area (Å²) in [5.41, 5.74) is 0.737. The van der Waals surface area contributed by atoms with Crippen LogP contribution in [0.3, 0.4) is 0 Å². The number of para-hydroxylation sites is 1. The van der Waals surface area contributed by atoms with Gasteiger partial charge in [-0.2, -0.15) is 0 Å². The monoisotopic (exact) mass is 418 g/mol. The highest BCUT2D eigenvalue weighted by Crippen LogP contribution is 2.47. The molecule has 7 heteroatoms. The van der Waals surface area contributed by atoms with Crippen LogP contribution in [0.5, 0.6) is 5.75 Å². The Hall–Kier alpha value is -1.60. The molecular formula is C22H30N2O4S. The molecule has 1 atom stereocenters. The van der Waals surface area contributed by atoms with Crippen LogP contribution in [0.25, 0.3) is 0 Å². The maximum atomic E-state index is 12.6. The van der Waals surface area contributed by atoms with Gasteiger partial charge in [0, 0.05) is 44.3 Å². The van der Waals surface area contributed by atoms with Gasteiger partial charge in [-0.3, -0.25) is 4.79 Å². The summed E-state index contributed by atoms with van der Waals surface area (Å²) in [5.74, 6) is 1.10. The largest absolute Gasteiger partial charge is 0.487 e. The Morgan fingerprint density at radius 3 is 2.52 bits per heavy atom. The standard InChI is InChI=1S/C22H30N2O4S/c25-21(23-17-4-3-5-17)14-16-15-22(28-20-7-2-1-6-19(16)20)10-12-24(13-11-22)29(26,27)18-8-9-18/h1-2,6-7,16-18H,3-5,8-15H2,(H,23,25)/t16-/m1/s1. The summed E-state index contributed by atoms with van der Waals surface area (Å²) in [4.78, 5) is 12.6. The number of ether oxygens (including phenoxy) is 1. The Morgan fingerprint density at radius 1 is 1.14 bits per heavy atom. The van der Waals surface area contributed by atoms with Crippen molar-refractivity contribution in [3.05, 3.63) is 29.8 Å². The van der Waals surface area contributed by atoms with Crippen LogP contribution >= 0.6 is 0 Å². The number of nitrogens with zero attached hydrogens (tertiary/aromatic N) is 1. The number of hydrogen-bond acceptors (Lipinski definition) is 4. The molecule has 2 heterocycles. The van der Waals surface area contributed by atoms with E-state index in [1.54, 1.807) is 4.31 Å². The molecule has 1 N–H and O–H groups in total. The van der Waals surface area contributed by atoms with Gasteiger partial charge in [0.05, 0.1) is 5.25 Å². The maximum Gasteiger partial charge on any atom is 0.220 e. The van der Waals surface area contributed by atoms with E-state index in [9.17, 15) is 13.2 Å². The van der Waals surface area contributed by atoms with Crippen LogP contribution in [0.4, 0.5) is 0 Å². The molecule has 4 aliphatic rings. The van der Waals surface area contributed by atoms with Crippen LogP contribution in [0, 0.1) is 0 Å². The molecule has 158 valence electrons. The molecule has 5 rings (SSSR count). The molecule has 1 aromatic rings. The van der Waals surface area contributed by atoms with Gasteiger partial charge >= 0.3 is 0 Å². The van der Waals surface area contributed by atoms with Crippen molar-refractivity contribution >= 4 is 15.9 Å². The van der Waals surface area contributed by atoms with E-state index in [-0.39, 0.29) is 22.7 Å². The molecule has 0 aromatic heterocycles. The molecule has 0 bridgehead atoms. The molecule has 1 saturated heterocycles. The number of nitrogens with one attached hydrogen (secondary N) is 1. The van der Waals surface area contributed by atoms with Crippen molar-refractivity contribution in [1.82, 2.24) is 9.62 Å². The number of carbonyl (C=O) groups excluding carboxylic acids is 1. The van der Waals surface area contributed by atoms with Crippen LogP contribution in [0.2, 0.25) is 0 Å². The summed E-state index contributed by atoms with van der Waals surface area (Å²) in [6, 6.07) is 8.37. The maximum absolute atomic E-state index is 12.6.